The molecule has 142 valence electrons. The second kappa shape index (κ2) is 6.57. The highest BCUT2D eigenvalue weighted by Gasteiger charge is 2.51. The van der Waals surface area contributed by atoms with Crippen LogP contribution in [0.2, 0.25) is 0 Å². The lowest BCUT2D eigenvalue weighted by Gasteiger charge is -2.21. The van der Waals surface area contributed by atoms with Crippen LogP contribution in [0.15, 0.2) is 28.7 Å². The molecule has 2 aromatic rings. The van der Waals surface area contributed by atoms with Gasteiger partial charge in [0.2, 0.25) is 5.91 Å². The molecule has 0 radical (unpaired) electrons. The molecule has 4 amide bonds. The monoisotopic (exact) mass is 369 g/mol. The van der Waals surface area contributed by atoms with Gasteiger partial charge in [0.15, 0.2) is 0 Å². The summed E-state index contributed by atoms with van der Waals surface area (Å²) in [5.41, 5.74) is 1.99. The van der Waals surface area contributed by atoms with Crippen molar-refractivity contribution in [1.82, 2.24) is 10.2 Å². The number of carbonyl (C=O) groups is 3. The van der Waals surface area contributed by atoms with E-state index in [-0.39, 0.29) is 6.54 Å². The number of imide groups is 1. The van der Waals surface area contributed by atoms with E-state index < -0.39 is 23.4 Å². The second-order valence-electron chi connectivity index (χ2n) is 7.07. The molecule has 1 aliphatic rings. The van der Waals surface area contributed by atoms with Gasteiger partial charge in [-0.05, 0) is 57.9 Å². The highest BCUT2D eigenvalue weighted by molar-refractivity contribution is 6.10. The largest absolute Gasteiger partial charge is 0.466 e. The van der Waals surface area contributed by atoms with Crippen LogP contribution in [0, 0.1) is 27.7 Å². The topological polar surface area (TPSA) is 91.7 Å². The van der Waals surface area contributed by atoms with Crippen molar-refractivity contribution in [2.45, 2.75) is 40.2 Å². The van der Waals surface area contributed by atoms with Gasteiger partial charge >= 0.3 is 6.03 Å². The number of rotatable bonds is 4. The summed E-state index contributed by atoms with van der Waals surface area (Å²) < 4.78 is 5.49. The van der Waals surface area contributed by atoms with Gasteiger partial charge in [0, 0.05) is 11.3 Å². The van der Waals surface area contributed by atoms with Gasteiger partial charge in [0.1, 0.15) is 23.6 Å². The predicted octanol–water partition coefficient (Wildman–Crippen LogP) is 2.92. The summed E-state index contributed by atoms with van der Waals surface area (Å²) in [4.78, 5) is 38.7. The molecule has 0 bridgehead atoms. The summed E-state index contributed by atoms with van der Waals surface area (Å²) in [7, 11) is 0. The Kier molecular flexibility index (Phi) is 4.55. The number of hydrogen-bond donors (Lipinski definition) is 2. The van der Waals surface area contributed by atoms with Crippen LogP contribution < -0.4 is 10.6 Å². The number of hydrogen-bond acceptors (Lipinski definition) is 4. The summed E-state index contributed by atoms with van der Waals surface area (Å²) in [6, 6.07) is 6.70. The van der Waals surface area contributed by atoms with E-state index in [4.69, 9.17) is 4.42 Å². The number of carbonyl (C=O) groups excluding carboxylic acids is 3. The average Bonchev–Trinajstić information content (AvgIpc) is 3.04. The third-order valence-electron chi connectivity index (χ3n) is 5.04. The van der Waals surface area contributed by atoms with Gasteiger partial charge in [-0.15, -0.1) is 0 Å². The van der Waals surface area contributed by atoms with Crippen molar-refractivity contribution in [3.63, 3.8) is 0 Å². The summed E-state index contributed by atoms with van der Waals surface area (Å²) in [6.45, 7) is 8.62. The molecule has 0 spiro atoms. The first-order chi connectivity index (χ1) is 12.6. The molecule has 1 aliphatic heterocycles. The molecule has 2 N–H and O–H groups in total. The van der Waals surface area contributed by atoms with Crippen LogP contribution in [0.1, 0.15) is 35.1 Å². The van der Waals surface area contributed by atoms with Crippen LogP contribution in [0.25, 0.3) is 0 Å². The zero-order chi connectivity index (χ0) is 19.9. The van der Waals surface area contributed by atoms with Gasteiger partial charge in [0.05, 0.1) is 0 Å². The fourth-order valence-corrected chi connectivity index (χ4v) is 3.37. The predicted molar refractivity (Wildman–Crippen MR) is 100 cm³/mol. The third-order valence-corrected chi connectivity index (χ3v) is 5.04. The van der Waals surface area contributed by atoms with E-state index in [0.29, 0.717) is 22.8 Å². The number of nitrogens with one attached hydrogen (secondary N) is 2. The molecule has 1 aromatic heterocycles. The van der Waals surface area contributed by atoms with Crippen molar-refractivity contribution in [2.24, 2.45) is 0 Å². The van der Waals surface area contributed by atoms with Crippen molar-refractivity contribution < 1.29 is 18.8 Å². The first kappa shape index (κ1) is 18.7. The average molecular weight is 369 g/mol. The van der Waals surface area contributed by atoms with Crippen molar-refractivity contribution in [2.75, 3.05) is 11.9 Å². The van der Waals surface area contributed by atoms with Crippen molar-refractivity contribution in [3.8, 4) is 0 Å². The molecular formula is C20H23N3O4. The van der Waals surface area contributed by atoms with Gasteiger partial charge < -0.3 is 15.1 Å². The standard InChI is InChI=1S/C20H23N3O4/c1-11-7-6-8-16(13(11)3)21-17(24)10-23-18(25)20(5,22-19(23)26)15-9-12(2)27-14(15)4/h6-9H,10H2,1-5H3,(H,21,24)(H,22,26). The molecule has 0 aliphatic carbocycles. The minimum atomic E-state index is -1.25. The van der Waals surface area contributed by atoms with Crippen LogP contribution in [0.4, 0.5) is 10.5 Å². The maximum atomic E-state index is 12.9. The van der Waals surface area contributed by atoms with E-state index in [1.54, 1.807) is 32.9 Å². The Morgan fingerprint density at radius 2 is 1.93 bits per heavy atom. The van der Waals surface area contributed by atoms with Crippen LogP contribution in [0.5, 0.6) is 0 Å². The molecule has 7 heteroatoms. The van der Waals surface area contributed by atoms with E-state index in [1.807, 2.05) is 26.0 Å². The highest BCUT2D eigenvalue weighted by atomic mass is 16.3. The maximum absolute atomic E-state index is 12.9. The Hall–Kier alpha value is -3.09. The van der Waals surface area contributed by atoms with Gasteiger partial charge in [-0.1, -0.05) is 12.1 Å². The summed E-state index contributed by atoms with van der Waals surface area (Å²) in [6.07, 6.45) is 0. The number of aryl methyl sites for hydroxylation is 3. The molecular weight excluding hydrogens is 346 g/mol. The number of urea groups is 1. The van der Waals surface area contributed by atoms with Crippen LogP contribution >= 0.6 is 0 Å². The van der Waals surface area contributed by atoms with E-state index in [1.165, 1.54) is 0 Å². The minimum absolute atomic E-state index is 0.358. The van der Waals surface area contributed by atoms with Crippen molar-refractivity contribution in [3.05, 3.63) is 52.5 Å². The zero-order valence-electron chi connectivity index (χ0n) is 16.1. The number of furan rings is 1. The summed E-state index contributed by atoms with van der Waals surface area (Å²) in [5, 5.41) is 5.46. The highest BCUT2D eigenvalue weighted by Crippen LogP contribution is 2.32. The quantitative estimate of drug-likeness (QED) is 0.811. The van der Waals surface area contributed by atoms with Gasteiger partial charge in [-0.2, -0.15) is 0 Å². The molecule has 1 aromatic carbocycles. The van der Waals surface area contributed by atoms with E-state index >= 15 is 0 Å². The van der Waals surface area contributed by atoms with Gasteiger partial charge in [-0.3, -0.25) is 14.5 Å². The molecule has 1 fully saturated rings. The van der Waals surface area contributed by atoms with Crippen molar-refractivity contribution in [1.29, 1.82) is 0 Å². The molecule has 7 nitrogen and oxygen atoms in total. The van der Waals surface area contributed by atoms with Crippen LogP contribution in [-0.4, -0.2) is 29.3 Å². The molecule has 1 atom stereocenters. The lowest BCUT2D eigenvalue weighted by atomic mass is 9.92. The van der Waals surface area contributed by atoms with Gasteiger partial charge in [-0.25, -0.2) is 4.79 Å². The lowest BCUT2D eigenvalue weighted by Crippen LogP contribution is -2.42. The molecule has 0 saturated carbocycles. The number of amides is 4. The fraction of sp³-hybridized carbons (Fsp3) is 0.350. The Morgan fingerprint density at radius 3 is 2.56 bits per heavy atom. The lowest BCUT2D eigenvalue weighted by molar-refractivity contribution is -0.133. The summed E-state index contributed by atoms with van der Waals surface area (Å²) in [5.74, 6) is 0.297. The Bertz CT molecular complexity index is 947. The Morgan fingerprint density at radius 1 is 1.22 bits per heavy atom. The fourth-order valence-electron chi connectivity index (χ4n) is 3.37. The normalized spacial score (nSPS) is 19.4. The van der Waals surface area contributed by atoms with Crippen LogP contribution in [0.3, 0.4) is 0 Å². The number of nitrogens with zero attached hydrogens (tertiary/aromatic N) is 1. The maximum Gasteiger partial charge on any atom is 0.325 e. The Balaban J connectivity index is 1.78. The van der Waals surface area contributed by atoms with Gasteiger partial charge in [0.25, 0.3) is 5.91 Å². The third kappa shape index (κ3) is 3.20. The van der Waals surface area contributed by atoms with Crippen molar-refractivity contribution >= 4 is 23.5 Å². The molecule has 1 saturated heterocycles. The molecule has 3 rings (SSSR count). The molecule has 27 heavy (non-hydrogen) atoms. The van der Waals surface area contributed by atoms with E-state index in [9.17, 15) is 14.4 Å². The van der Waals surface area contributed by atoms with Crippen LogP contribution in [-0.2, 0) is 15.1 Å². The Labute approximate surface area is 157 Å². The second-order valence-corrected chi connectivity index (χ2v) is 7.07. The first-order valence-electron chi connectivity index (χ1n) is 8.71. The SMILES string of the molecule is Cc1cc(C2(C)NC(=O)N(CC(=O)Nc3cccc(C)c3C)C2=O)c(C)o1. The van der Waals surface area contributed by atoms with E-state index in [0.717, 1.165) is 16.0 Å². The number of anilines is 1. The molecule has 1 unspecified atom stereocenters. The minimum Gasteiger partial charge on any atom is -0.466 e. The smallest absolute Gasteiger partial charge is 0.325 e. The zero-order valence-corrected chi connectivity index (χ0v) is 16.1. The first-order valence-corrected chi connectivity index (χ1v) is 8.71. The summed E-state index contributed by atoms with van der Waals surface area (Å²) >= 11 is 0. The van der Waals surface area contributed by atoms with E-state index in [2.05, 4.69) is 10.6 Å². The molecule has 2 heterocycles. The number of benzene rings is 1.